The summed E-state index contributed by atoms with van der Waals surface area (Å²) in [6.07, 6.45) is -2.69. The van der Waals surface area contributed by atoms with E-state index in [0.29, 0.717) is 51.4 Å². The van der Waals surface area contributed by atoms with E-state index < -0.39 is 29.4 Å². The Balaban J connectivity index is 1.12. The van der Waals surface area contributed by atoms with Crippen LogP contribution in [0.15, 0.2) is 78.9 Å². The lowest BCUT2D eigenvalue weighted by molar-refractivity contribution is -0.141. The average Bonchev–Trinajstić information content (AvgIpc) is 3.49. The number of amides is 2. The number of likely N-dealkylation sites (tertiary alicyclic amines) is 1. The van der Waals surface area contributed by atoms with Gasteiger partial charge >= 0.3 is 6.18 Å². The summed E-state index contributed by atoms with van der Waals surface area (Å²) in [4.78, 5) is 39.0. The van der Waals surface area contributed by atoms with Gasteiger partial charge in [-0.15, -0.1) is 0 Å². The molecule has 3 aromatic rings. The van der Waals surface area contributed by atoms with E-state index in [0.717, 1.165) is 49.7 Å². The highest BCUT2D eigenvalue weighted by molar-refractivity contribution is 5.92. The Labute approximate surface area is 286 Å². The molecule has 0 bridgehead atoms. The number of β-amino-alcohol motifs (C(OH)–C–C–N with tert-alkyl or cyclic N) is 1. The SMILES string of the molecule is CN(C)C(=O)C(CCN1C[C@H](O)C[C@H]1C(=O)NCCCCN1CCN(c2cccc(C(F)(F)F)n2)CC1)(c1ccccc1)c1ccccc1. The molecule has 0 saturated carbocycles. The number of aliphatic hydroxyl groups is 1. The first-order valence-electron chi connectivity index (χ1n) is 17.0. The Morgan fingerprint density at radius 3 is 2.10 bits per heavy atom. The second-order valence-electron chi connectivity index (χ2n) is 13.2. The van der Waals surface area contributed by atoms with Crippen molar-refractivity contribution in [2.24, 2.45) is 0 Å². The maximum absolute atomic E-state index is 14.0. The van der Waals surface area contributed by atoms with Gasteiger partial charge in [-0.2, -0.15) is 13.2 Å². The van der Waals surface area contributed by atoms with Gasteiger partial charge in [-0.05, 0) is 55.5 Å². The standard InChI is InChI=1S/C37H47F3N6O3/c1-43(2)35(49)36(28-12-5-3-6-13-28,29-14-7-4-8-15-29)18-21-46-27-30(47)26-31(46)34(48)41-19-9-10-20-44-22-24-45(25-23-44)33-17-11-16-32(42-33)37(38,39)40/h3-8,11-17,30-31,47H,9-10,18-27H2,1-2H3,(H,41,48)/t30-,31+/m1/s1. The third-order valence-electron chi connectivity index (χ3n) is 9.68. The highest BCUT2D eigenvalue weighted by atomic mass is 19.4. The number of aromatic nitrogens is 1. The summed E-state index contributed by atoms with van der Waals surface area (Å²) in [5.74, 6) is 0.181. The number of piperazine rings is 1. The van der Waals surface area contributed by atoms with Crippen LogP contribution >= 0.6 is 0 Å². The molecule has 0 unspecified atom stereocenters. The molecule has 2 saturated heterocycles. The normalized spacial score (nSPS) is 19.2. The summed E-state index contributed by atoms with van der Waals surface area (Å²) in [5.41, 5.74) is -0.0734. The fourth-order valence-corrected chi connectivity index (χ4v) is 7.09. The number of benzene rings is 2. The van der Waals surface area contributed by atoms with Gasteiger partial charge in [-0.1, -0.05) is 66.7 Å². The highest BCUT2D eigenvalue weighted by Crippen LogP contribution is 2.38. The van der Waals surface area contributed by atoms with Gasteiger partial charge in [0.25, 0.3) is 0 Å². The Kier molecular flexibility index (Phi) is 12.0. The molecule has 2 aliphatic rings. The molecule has 3 heterocycles. The molecule has 9 nitrogen and oxygen atoms in total. The Morgan fingerprint density at radius 1 is 0.878 bits per heavy atom. The van der Waals surface area contributed by atoms with Crippen LogP contribution < -0.4 is 10.2 Å². The topological polar surface area (TPSA) is 92.2 Å². The van der Waals surface area contributed by atoms with Crippen molar-refractivity contribution >= 4 is 17.6 Å². The van der Waals surface area contributed by atoms with Gasteiger partial charge < -0.3 is 20.2 Å². The van der Waals surface area contributed by atoms with Crippen LogP contribution in [0.4, 0.5) is 19.0 Å². The predicted molar refractivity (Wildman–Crippen MR) is 183 cm³/mol. The van der Waals surface area contributed by atoms with Gasteiger partial charge in [-0.25, -0.2) is 4.98 Å². The Bertz CT molecular complexity index is 1480. The van der Waals surface area contributed by atoms with Gasteiger partial charge in [-0.3, -0.25) is 19.4 Å². The smallest absolute Gasteiger partial charge is 0.392 e. The maximum atomic E-state index is 14.0. The average molecular weight is 681 g/mol. The number of anilines is 1. The van der Waals surface area contributed by atoms with Crippen molar-refractivity contribution in [1.82, 2.24) is 25.0 Å². The van der Waals surface area contributed by atoms with Crippen molar-refractivity contribution < 1.29 is 27.9 Å². The first kappa shape index (κ1) is 36.3. The number of pyridine rings is 1. The summed E-state index contributed by atoms with van der Waals surface area (Å²) in [6.45, 7) is 4.78. The molecule has 2 amide bonds. The van der Waals surface area contributed by atoms with Gasteiger partial charge in [0.1, 0.15) is 16.9 Å². The van der Waals surface area contributed by atoms with E-state index in [1.165, 1.54) is 6.07 Å². The number of unbranched alkanes of at least 4 members (excludes halogenated alkanes) is 1. The number of rotatable bonds is 13. The molecule has 0 spiro atoms. The van der Waals surface area contributed by atoms with Crippen molar-refractivity contribution in [1.29, 1.82) is 0 Å². The monoisotopic (exact) mass is 680 g/mol. The molecule has 12 heteroatoms. The number of aliphatic hydroxyl groups excluding tert-OH is 1. The fraction of sp³-hybridized carbons (Fsp3) is 0.486. The van der Waals surface area contributed by atoms with Gasteiger partial charge in [0.05, 0.1) is 12.1 Å². The van der Waals surface area contributed by atoms with E-state index in [1.807, 2.05) is 70.5 Å². The van der Waals surface area contributed by atoms with Crippen LogP contribution in [0.3, 0.4) is 0 Å². The molecule has 5 rings (SSSR count). The van der Waals surface area contributed by atoms with Crippen LogP contribution in [0.2, 0.25) is 0 Å². The number of alkyl halides is 3. The zero-order valence-corrected chi connectivity index (χ0v) is 28.3. The lowest BCUT2D eigenvalue weighted by Crippen LogP contribution is -2.49. The molecule has 2 aromatic carbocycles. The van der Waals surface area contributed by atoms with Crippen molar-refractivity contribution in [3.63, 3.8) is 0 Å². The lowest BCUT2D eigenvalue weighted by atomic mass is 9.70. The summed E-state index contributed by atoms with van der Waals surface area (Å²) in [6, 6.07) is 23.0. The molecule has 0 radical (unpaired) electrons. The van der Waals surface area contributed by atoms with Crippen molar-refractivity contribution in [2.45, 2.75) is 49.4 Å². The molecule has 2 atom stereocenters. The number of carbonyl (C=O) groups is 2. The minimum Gasteiger partial charge on any atom is -0.392 e. The van der Waals surface area contributed by atoms with Crippen LogP contribution in [-0.4, -0.2) is 115 Å². The van der Waals surface area contributed by atoms with Crippen LogP contribution in [-0.2, 0) is 21.2 Å². The summed E-state index contributed by atoms with van der Waals surface area (Å²) >= 11 is 0. The van der Waals surface area contributed by atoms with Gasteiger partial charge in [0.15, 0.2) is 0 Å². The van der Waals surface area contributed by atoms with Gasteiger partial charge in [0, 0.05) is 59.9 Å². The lowest BCUT2D eigenvalue weighted by Gasteiger charge is -2.37. The third kappa shape index (κ3) is 8.78. The van der Waals surface area contributed by atoms with E-state index in [1.54, 1.807) is 25.1 Å². The van der Waals surface area contributed by atoms with Crippen molar-refractivity contribution in [3.8, 4) is 0 Å². The number of nitrogens with zero attached hydrogens (tertiary/aromatic N) is 5. The number of carbonyl (C=O) groups excluding carboxylic acids is 2. The zero-order chi connectivity index (χ0) is 35.0. The number of likely N-dealkylation sites (N-methyl/N-ethyl adjacent to an activating group) is 1. The van der Waals surface area contributed by atoms with Crippen molar-refractivity contribution in [3.05, 3.63) is 95.7 Å². The Morgan fingerprint density at radius 2 is 1.51 bits per heavy atom. The predicted octanol–water partition coefficient (Wildman–Crippen LogP) is 4.02. The van der Waals surface area contributed by atoms with E-state index in [9.17, 15) is 27.9 Å². The zero-order valence-electron chi connectivity index (χ0n) is 28.3. The summed E-state index contributed by atoms with van der Waals surface area (Å²) in [7, 11) is 3.52. The Hall–Kier alpha value is -4.00. The number of nitrogens with one attached hydrogen (secondary N) is 1. The van der Waals surface area contributed by atoms with Crippen LogP contribution in [0, 0.1) is 0 Å². The largest absolute Gasteiger partial charge is 0.433 e. The van der Waals surface area contributed by atoms with E-state index >= 15 is 0 Å². The molecule has 264 valence electrons. The fourth-order valence-electron chi connectivity index (χ4n) is 7.09. The minimum atomic E-state index is -4.47. The molecule has 1 aromatic heterocycles. The first-order chi connectivity index (χ1) is 23.5. The van der Waals surface area contributed by atoms with E-state index in [4.69, 9.17) is 0 Å². The molecule has 2 N–H and O–H groups in total. The summed E-state index contributed by atoms with van der Waals surface area (Å²) in [5, 5.41) is 13.7. The second kappa shape index (κ2) is 16.1. The molecule has 2 fully saturated rings. The van der Waals surface area contributed by atoms with E-state index in [2.05, 4.69) is 15.2 Å². The van der Waals surface area contributed by atoms with Crippen LogP contribution in [0.1, 0.15) is 42.5 Å². The van der Waals surface area contributed by atoms with E-state index in [-0.39, 0.29) is 11.8 Å². The van der Waals surface area contributed by atoms with Crippen molar-refractivity contribution in [2.75, 3.05) is 71.4 Å². The molecule has 49 heavy (non-hydrogen) atoms. The number of hydrogen-bond donors (Lipinski definition) is 2. The first-order valence-corrected chi connectivity index (χ1v) is 17.0. The molecular weight excluding hydrogens is 633 g/mol. The molecule has 2 aliphatic heterocycles. The highest BCUT2D eigenvalue weighted by Gasteiger charge is 2.45. The summed E-state index contributed by atoms with van der Waals surface area (Å²) < 4.78 is 39.2. The number of halogens is 3. The molecular formula is C37H47F3N6O3. The second-order valence-corrected chi connectivity index (χ2v) is 13.2. The van der Waals surface area contributed by atoms with Crippen LogP contribution in [0.25, 0.3) is 0 Å². The number of hydrogen-bond acceptors (Lipinski definition) is 7. The van der Waals surface area contributed by atoms with Crippen LogP contribution in [0.5, 0.6) is 0 Å². The third-order valence-corrected chi connectivity index (χ3v) is 9.68. The minimum absolute atomic E-state index is 0.0422. The maximum Gasteiger partial charge on any atom is 0.433 e. The molecule has 0 aliphatic carbocycles. The quantitative estimate of drug-likeness (QED) is 0.264. The van der Waals surface area contributed by atoms with Gasteiger partial charge in [0.2, 0.25) is 11.8 Å².